The van der Waals surface area contributed by atoms with E-state index in [-0.39, 0.29) is 39.7 Å². The minimum atomic E-state index is -0.534. The van der Waals surface area contributed by atoms with Crippen LogP contribution < -0.4 is 0 Å². The molecule has 5 heteroatoms. The SMILES string of the molecule is CCCC(=O)OC(C)=O.[Ag].[AlH3]. The van der Waals surface area contributed by atoms with Crippen LogP contribution in [0.5, 0.6) is 0 Å². The molecule has 1 radical (unpaired) electrons. The molecule has 0 saturated heterocycles. The Morgan fingerprint density at radius 2 is 1.82 bits per heavy atom. The Hall–Kier alpha value is 0.413. The molecule has 69 valence electrons. The van der Waals surface area contributed by atoms with Gasteiger partial charge in [-0.15, -0.1) is 0 Å². The summed E-state index contributed by atoms with van der Waals surface area (Å²) in [6.45, 7) is 3.06. The van der Waals surface area contributed by atoms with Crippen LogP contribution in [0.25, 0.3) is 0 Å². The van der Waals surface area contributed by atoms with Gasteiger partial charge in [0.1, 0.15) is 0 Å². The van der Waals surface area contributed by atoms with Gasteiger partial charge in [-0.1, -0.05) is 6.92 Å². The predicted molar refractivity (Wildman–Crippen MR) is 41.6 cm³/mol. The first-order chi connectivity index (χ1) is 4.16. The van der Waals surface area contributed by atoms with E-state index < -0.39 is 11.9 Å². The Labute approximate surface area is 92.5 Å². The van der Waals surface area contributed by atoms with E-state index in [1.165, 1.54) is 6.92 Å². The topological polar surface area (TPSA) is 43.4 Å². The van der Waals surface area contributed by atoms with Crippen molar-refractivity contribution in [1.82, 2.24) is 0 Å². The van der Waals surface area contributed by atoms with Crippen molar-refractivity contribution in [1.29, 1.82) is 0 Å². The summed E-state index contributed by atoms with van der Waals surface area (Å²) in [6, 6.07) is 0. The van der Waals surface area contributed by atoms with Crippen molar-refractivity contribution in [3.63, 3.8) is 0 Å². The average molecular weight is 268 g/mol. The molecule has 0 rings (SSSR count). The second kappa shape index (κ2) is 10.4. The predicted octanol–water partition coefficient (Wildman–Crippen LogP) is -0.310. The van der Waals surface area contributed by atoms with Gasteiger partial charge in [0.05, 0.1) is 0 Å². The largest absolute Gasteiger partial charge is 0.393 e. The first-order valence-corrected chi connectivity index (χ1v) is 2.88. The van der Waals surface area contributed by atoms with Gasteiger partial charge >= 0.3 is 11.9 Å². The van der Waals surface area contributed by atoms with Crippen LogP contribution >= 0.6 is 0 Å². The van der Waals surface area contributed by atoms with Crippen LogP contribution in [0.4, 0.5) is 0 Å². The molecular weight excluding hydrogens is 255 g/mol. The summed E-state index contributed by atoms with van der Waals surface area (Å²) in [7, 11) is 0. The number of ether oxygens (including phenoxy) is 1. The van der Waals surface area contributed by atoms with E-state index in [0.29, 0.717) is 12.8 Å². The maximum absolute atomic E-state index is 10.4. The van der Waals surface area contributed by atoms with Gasteiger partial charge in [-0.25, -0.2) is 0 Å². The van der Waals surface area contributed by atoms with Crippen LogP contribution in [-0.2, 0) is 36.7 Å². The fourth-order valence-electron chi connectivity index (χ4n) is 0.415. The molecule has 0 spiro atoms. The van der Waals surface area contributed by atoms with E-state index in [0.717, 1.165) is 0 Å². The van der Waals surface area contributed by atoms with E-state index in [9.17, 15) is 9.59 Å². The number of rotatable bonds is 2. The maximum Gasteiger partial charge on any atom is 0.313 e. The van der Waals surface area contributed by atoms with E-state index >= 15 is 0 Å². The van der Waals surface area contributed by atoms with Crippen molar-refractivity contribution in [2.45, 2.75) is 26.7 Å². The first kappa shape index (κ1) is 17.5. The van der Waals surface area contributed by atoms with E-state index in [1.807, 2.05) is 6.92 Å². The first-order valence-electron chi connectivity index (χ1n) is 2.88. The Bertz CT molecular complexity index is 127. The molecule has 0 amide bonds. The van der Waals surface area contributed by atoms with Crippen LogP contribution in [0.2, 0.25) is 0 Å². The summed E-state index contributed by atoms with van der Waals surface area (Å²) in [4.78, 5) is 20.5. The third-order valence-corrected chi connectivity index (χ3v) is 0.712. The molecule has 0 unspecified atom stereocenters. The van der Waals surface area contributed by atoms with Gasteiger partial charge < -0.3 is 4.74 Å². The third-order valence-electron chi connectivity index (χ3n) is 0.712. The summed E-state index contributed by atoms with van der Waals surface area (Å²) < 4.78 is 4.21. The second-order valence-corrected chi connectivity index (χ2v) is 1.72. The minimum absolute atomic E-state index is 0. The molecule has 0 aromatic rings. The summed E-state index contributed by atoms with van der Waals surface area (Å²) in [5.74, 6) is -0.974. The number of carbonyl (C=O) groups excluding carboxylic acids is 2. The van der Waals surface area contributed by atoms with Crippen LogP contribution in [0.15, 0.2) is 0 Å². The molecular formula is C6H13AgAlO3. The van der Waals surface area contributed by atoms with Crippen LogP contribution in [0.1, 0.15) is 26.7 Å². The van der Waals surface area contributed by atoms with Crippen LogP contribution in [-0.4, -0.2) is 29.3 Å². The van der Waals surface area contributed by atoms with Crippen molar-refractivity contribution < 1.29 is 36.7 Å². The van der Waals surface area contributed by atoms with Gasteiger partial charge in [-0.2, -0.15) is 0 Å². The van der Waals surface area contributed by atoms with Crippen molar-refractivity contribution >= 4 is 29.3 Å². The summed E-state index contributed by atoms with van der Waals surface area (Å²) in [6.07, 6.45) is 1.03. The molecule has 0 saturated carbocycles. The third kappa shape index (κ3) is 13.4. The quantitative estimate of drug-likeness (QED) is 0.392. The average Bonchev–Trinajstić information content (AvgIpc) is 1.63. The number of hydrogen-bond donors (Lipinski definition) is 0. The van der Waals surface area contributed by atoms with E-state index in [1.54, 1.807) is 0 Å². The molecule has 0 atom stereocenters. The smallest absolute Gasteiger partial charge is 0.313 e. The monoisotopic (exact) mass is 267 g/mol. The van der Waals surface area contributed by atoms with Gasteiger partial charge in [0.15, 0.2) is 17.4 Å². The molecule has 11 heavy (non-hydrogen) atoms. The van der Waals surface area contributed by atoms with Gasteiger partial charge in [0, 0.05) is 35.7 Å². The Morgan fingerprint density at radius 3 is 2.09 bits per heavy atom. The molecule has 0 aromatic carbocycles. The zero-order valence-corrected chi connectivity index (χ0v) is 7.42. The summed E-state index contributed by atoms with van der Waals surface area (Å²) >= 11 is 0. The Kier molecular flexibility index (Phi) is 16.6. The normalized spacial score (nSPS) is 7.09. The molecule has 3 nitrogen and oxygen atoms in total. The van der Waals surface area contributed by atoms with Crippen molar-refractivity contribution in [2.75, 3.05) is 0 Å². The fourth-order valence-corrected chi connectivity index (χ4v) is 0.415. The molecule has 0 fully saturated rings. The van der Waals surface area contributed by atoms with Crippen molar-refractivity contribution in [3.8, 4) is 0 Å². The number of carbonyl (C=O) groups is 2. The molecule has 0 aromatic heterocycles. The van der Waals surface area contributed by atoms with Crippen molar-refractivity contribution in [2.24, 2.45) is 0 Å². The second-order valence-electron chi connectivity index (χ2n) is 1.72. The number of esters is 2. The summed E-state index contributed by atoms with van der Waals surface area (Å²) in [5, 5.41) is 0. The molecule has 0 aliphatic heterocycles. The van der Waals surface area contributed by atoms with Crippen LogP contribution in [0, 0.1) is 0 Å². The van der Waals surface area contributed by atoms with E-state index in [4.69, 9.17) is 0 Å². The van der Waals surface area contributed by atoms with Crippen LogP contribution in [0.3, 0.4) is 0 Å². The van der Waals surface area contributed by atoms with Gasteiger partial charge in [-0.05, 0) is 6.42 Å². The van der Waals surface area contributed by atoms with Gasteiger partial charge in [0.2, 0.25) is 0 Å². The van der Waals surface area contributed by atoms with Gasteiger partial charge in [0.25, 0.3) is 0 Å². The molecule has 0 heterocycles. The van der Waals surface area contributed by atoms with Gasteiger partial charge in [-0.3, -0.25) is 9.59 Å². The maximum atomic E-state index is 10.4. The fraction of sp³-hybridized carbons (Fsp3) is 0.667. The zero-order chi connectivity index (χ0) is 7.28. The molecule has 0 aliphatic rings. The number of hydrogen-bond acceptors (Lipinski definition) is 3. The Balaban J connectivity index is -0.000000320. The standard InChI is InChI=1S/C6H10O3.Ag.Al.3H/c1-3-4-6(8)9-5(2)7;;;;;/h3-4H2,1-2H3;;;;;. The molecule has 0 aliphatic carbocycles. The zero-order valence-electron chi connectivity index (χ0n) is 5.94. The Morgan fingerprint density at radius 1 is 1.36 bits per heavy atom. The van der Waals surface area contributed by atoms with E-state index in [2.05, 4.69) is 4.74 Å². The minimum Gasteiger partial charge on any atom is -0.393 e. The molecule has 0 bridgehead atoms. The molecule has 0 N–H and O–H groups in total. The van der Waals surface area contributed by atoms with Crippen molar-refractivity contribution in [3.05, 3.63) is 0 Å². The summed E-state index contributed by atoms with van der Waals surface area (Å²) in [5.41, 5.74) is 0.